The van der Waals surface area contributed by atoms with Gasteiger partial charge in [-0.25, -0.2) is 0 Å². The molecular weight excluding hydrogens is 222 g/mol. The molecule has 4 saturated carbocycles. The van der Waals surface area contributed by atoms with Gasteiger partial charge < -0.3 is 9.73 Å². The maximum absolute atomic E-state index is 5.30. The van der Waals surface area contributed by atoms with Crippen LogP contribution in [-0.4, -0.2) is 7.05 Å². The Balaban J connectivity index is 1.64. The minimum Gasteiger partial charge on any atom is -0.472 e. The number of hydrogen-bond acceptors (Lipinski definition) is 2. The number of furan rings is 1. The van der Waals surface area contributed by atoms with Gasteiger partial charge in [-0.15, -0.1) is 0 Å². The molecule has 4 aliphatic carbocycles. The van der Waals surface area contributed by atoms with Gasteiger partial charge in [-0.1, -0.05) is 0 Å². The molecule has 2 nitrogen and oxygen atoms in total. The van der Waals surface area contributed by atoms with Gasteiger partial charge >= 0.3 is 0 Å². The first kappa shape index (κ1) is 11.1. The molecule has 1 unspecified atom stereocenters. The predicted molar refractivity (Wildman–Crippen MR) is 71.0 cm³/mol. The Morgan fingerprint density at radius 3 is 2.28 bits per heavy atom. The van der Waals surface area contributed by atoms with Crippen LogP contribution in [-0.2, 0) is 0 Å². The minimum absolute atomic E-state index is 0.513. The zero-order valence-corrected chi connectivity index (χ0v) is 11.1. The molecular formula is C16H23NO. The predicted octanol–water partition coefficient (Wildman–Crippen LogP) is 3.61. The summed E-state index contributed by atoms with van der Waals surface area (Å²) in [6, 6.07) is 2.66. The van der Waals surface area contributed by atoms with Crippen LogP contribution in [0.15, 0.2) is 23.0 Å². The van der Waals surface area contributed by atoms with Crippen molar-refractivity contribution in [2.24, 2.45) is 29.6 Å². The third-order valence-corrected chi connectivity index (χ3v) is 5.90. The van der Waals surface area contributed by atoms with Crippen molar-refractivity contribution in [2.75, 3.05) is 7.05 Å². The van der Waals surface area contributed by atoms with Crippen LogP contribution in [0.2, 0.25) is 0 Å². The fourth-order valence-electron chi connectivity index (χ4n) is 5.54. The zero-order chi connectivity index (χ0) is 12.1. The van der Waals surface area contributed by atoms with Crippen LogP contribution >= 0.6 is 0 Å². The maximum Gasteiger partial charge on any atom is 0.0950 e. The summed E-state index contributed by atoms with van der Waals surface area (Å²) in [5.74, 6) is 4.90. The van der Waals surface area contributed by atoms with Gasteiger partial charge in [0, 0.05) is 11.6 Å². The van der Waals surface area contributed by atoms with E-state index < -0.39 is 0 Å². The van der Waals surface area contributed by atoms with Crippen molar-refractivity contribution in [3.8, 4) is 0 Å². The second-order valence-electron chi connectivity index (χ2n) is 6.83. The van der Waals surface area contributed by atoms with E-state index in [2.05, 4.69) is 18.4 Å². The topological polar surface area (TPSA) is 25.2 Å². The van der Waals surface area contributed by atoms with E-state index in [1.165, 1.54) is 37.7 Å². The van der Waals surface area contributed by atoms with Crippen LogP contribution in [0, 0.1) is 29.6 Å². The van der Waals surface area contributed by atoms with Crippen LogP contribution in [0.25, 0.3) is 0 Å². The first-order chi connectivity index (χ1) is 8.85. The van der Waals surface area contributed by atoms with E-state index in [1.807, 2.05) is 12.5 Å². The normalized spacial score (nSPS) is 43.3. The van der Waals surface area contributed by atoms with Crippen molar-refractivity contribution in [1.29, 1.82) is 0 Å². The first-order valence-electron chi connectivity index (χ1n) is 7.54. The van der Waals surface area contributed by atoms with Gasteiger partial charge in [0.15, 0.2) is 0 Å². The van der Waals surface area contributed by atoms with Crippen LogP contribution in [0.5, 0.6) is 0 Å². The van der Waals surface area contributed by atoms with Crippen LogP contribution < -0.4 is 5.32 Å². The summed E-state index contributed by atoms with van der Waals surface area (Å²) in [7, 11) is 2.11. The Labute approximate surface area is 109 Å². The average Bonchev–Trinajstić information content (AvgIpc) is 2.86. The van der Waals surface area contributed by atoms with Gasteiger partial charge in [0.05, 0.1) is 12.5 Å². The van der Waals surface area contributed by atoms with Crippen molar-refractivity contribution < 1.29 is 4.42 Å². The standard InChI is InChI=1S/C16H23NO/c1-17-16(12-2-3-18-9-12)15-13-5-10-4-11(7-13)8-14(15)6-10/h2-3,9-11,13-17H,4-8H2,1H3. The monoisotopic (exact) mass is 245 g/mol. The van der Waals surface area contributed by atoms with Gasteiger partial charge in [-0.05, 0) is 74.8 Å². The van der Waals surface area contributed by atoms with Gasteiger partial charge in [0.25, 0.3) is 0 Å². The Morgan fingerprint density at radius 1 is 1.11 bits per heavy atom. The van der Waals surface area contributed by atoms with E-state index in [9.17, 15) is 0 Å². The Bertz CT molecular complexity index is 383. The second-order valence-corrected chi connectivity index (χ2v) is 6.83. The molecule has 0 aliphatic heterocycles. The summed E-state index contributed by atoms with van der Waals surface area (Å²) in [5.41, 5.74) is 1.36. The third-order valence-electron chi connectivity index (χ3n) is 5.90. The Kier molecular flexibility index (Phi) is 2.54. The molecule has 0 saturated heterocycles. The van der Waals surface area contributed by atoms with Crippen LogP contribution in [0.1, 0.15) is 43.7 Å². The Hall–Kier alpha value is -0.760. The highest BCUT2D eigenvalue weighted by atomic mass is 16.3. The molecule has 4 bridgehead atoms. The summed E-state index contributed by atoms with van der Waals surface area (Å²) < 4.78 is 5.30. The highest BCUT2D eigenvalue weighted by Gasteiger charge is 2.50. The highest BCUT2D eigenvalue weighted by Crippen LogP contribution is 2.59. The smallest absolute Gasteiger partial charge is 0.0950 e. The molecule has 0 spiro atoms. The number of hydrogen-bond donors (Lipinski definition) is 1. The molecule has 1 aromatic heterocycles. The summed E-state index contributed by atoms with van der Waals surface area (Å²) in [6.45, 7) is 0. The Morgan fingerprint density at radius 2 is 1.78 bits per heavy atom. The molecule has 0 radical (unpaired) electrons. The molecule has 4 aliphatic rings. The van der Waals surface area contributed by atoms with Gasteiger partial charge in [0.1, 0.15) is 0 Å². The molecule has 5 rings (SSSR count). The van der Waals surface area contributed by atoms with Crippen molar-refractivity contribution in [1.82, 2.24) is 5.32 Å². The molecule has 1 N–H and O–H groups in total. The molecule has 2 heteroatoms. The van der Waals surface area contributed by atoms with Crippen molar-refractivity contribution in [3.05, 3.63) is 24.2 Å². The van der Waals surface area contributed by atoms with E-state index in [0.29, 0.717) is 6.04 Å². The van der Waals surface area contributed by atoms with E-state index in [-0.39, 0.29) is 0 Å². The fraction of sp³-hybridized carbons (Fsp3) is 0.750. The summed E-state index contributed by atoms with van der Waals surface area (Å²) >= 11 is 0. The minimum atomic E-state index is 0.513. The first-order valence-corrected chi connectivity index (χ1v) is 7.54. The zero-order valence-electron chi connectivity index (χ0n) is 11.1. The number of nitrogens with one attached hydrogen (secondary N) is 1. The quantitative estimate of drug-likeness (QED) is 0.880. The molecule has 0 aromatic carbocycles. The molecule has 0 amide bonds. The van der Waals surface area contributed by atoms with Crippen molar-refractivity contribution in [2.45, 2.75) is 38.1 Å². The van der Waals surface area contributed by atoms with E-state index >= 15 is 0 Å². The van der Waals surface area contributed by atoms with Crippen LogP contribution in [0.4, 0.5) is 0 Å². The largest absolute Gasteiger partial charge is 0.472 e. The van der Waals surface area contributed by atoms with Gasteiger partial charge in [-0.2, -0.15) is 0 Å². The molecule has 1 heterocycles. The maximum atomic E-state index is 5.30. The van der Waals surface area contributed by atoms with E-state index in [4.69, 9.17) is 4.42 Å². The van der Waals surface area contributed by atoms with Gasteiger partial charge in [0.2, 0.25) is 0 Å². The summed E-state index contributed by atoms with van der Waals surface area (Å²) in [4.78, 5) is 0. The van der Waals surface area contributed by atoms with E-state index in [0.717, 1.165) is 29.6 Å². The SMILES string of the molecule is CNC(c1ccoc1)C1C2CC3CC(C2)CC1C3. The third kappa shape index (κ3) is 1.58. The second kappa shape index (κ2) is 4.12. The number of rotatable bonds is 3. The fourth-order valence-corrected chi connectivity index (χ4v) is 5.54. The van der Waals surface area contributed by atoms with Crippen molar-refractivity contribution >= 4 is 0 Å². The lowest BCUT2D eigenvalue weighted by Crippen LogP contribution is -2.49. The lowest BCUT2D eigenvalue weighted by molar-refractivity contribution is -0.0516. The average molecular weight is 245 g/mol. The van der Waals surface area contributed by atoms with Gasteiger partial charge in [-0.3, -0.25) is 0 Å². The lowest BCUT2D eigenvalue weighted by atomic mass is 9.50. The molecule has 1 aromatic rings. The lowest BCUT2D eigenvalue weighted by Gasteiger charge is -2.56. The summed E-state index contributed by atoms with van der Waals surface area (Å²) in [6.07, 6.45) is 11.3. The molecule has 98 valence electrons. The molecule has 1 atom stereocenters. The van der Waals surface area contributed by atoms with Crippen molar-refractivity contribution in [3.63, 3.8) is 0 Å². The summed E-state index contributed by atoms with van der Waals surface area (Å²) in [5, 5.41) is 3.57. The molecule has 4 fully saturated rings. The molecule has 18 heavy (non-hydrogen) atoms. The van der Waals surface area contributed by atoms with E-state index in [1.54, 1.807) is 0 Å². The highest BCUT2D eigenvalue weighted by molar-refractivity contribution is 5.16. The van der Waals surface area contributed by atoms with Crippen LogP contribution in [0.3, 0.4) is 0 Å².